The van der Waals surface area contributed by atoms with Gasteiger partial charge in [0.1, 0.15) is 10.8 Å². The van der Waals surface area contributed by atoms with E-state index >= 15 is 0 Å². The Morgan fingerprint density at radius 1 is 1.35 bits per heavy atom. The van der Waals surface area contributed by atoms with Gasteiger partial charge in [0.2, 0.25) is 0 Å². The molecule has 0 atom stereocenters. The van der Waals surface area contributed by atoms with Crippen LogP contribution in [0.4, 0.5) is 4.39 Å². The van der Waals surface area contributed by atoms with Gasteiger partial charge in [-0.15, -0.1) is 11.3 Å². The first-order valence-electron chi connectivity index (χ1n) is 5.96. The normalized spacial score (nSPS) is 11.0. The van der Waals surface area contributed by atoms with Crippen LogP contribution in [0.2, 0.25) is 4.34 Å². The molecule has 2 rings (SSSR count). The van der Waals surface area contributed by atoms with Crippen molar-refractivity contribution < 1.29 is 4.39 Å². The molecule has 0 fully saturated rings. The number of halogens is 2. The van der Waals surface area contributed by atoms with E-state index in [0.717, 1.165) is 9.21 Å². The van der Waals surface area contributed by atoms with Crippen molar-refractivity contribution in [3.05, 3.63) is 56.5 Å². The molecule has 0 radical (unpaired) electrons. The highest BCUT2D eigenvalue weighted by Crippen LogP contribution is 2.23. The minimum absolute atomic E-state index is 0.249. The summed E-state index contributed by atoms with van der Waals surface area (Å²) < 4.78 is 14.6. The Labute approximate surface area is 132 Å². The van der Waals surface area contributed by atoms with Gasteiger partial charge in [0, 0.05) is 29.1 Å². The Morgan fingerprint density at radius 2 is 2.10 bits per heavy atom. The lowest BCUT2D eigenvalue weighted by Crippen LogP contribution is -2.18. The number of nitrogens with two attached hydrogens (primary N) is 1. The molecular weight excluding hydrogens is 315 g/mol. The molecule has 0 unspecified atom stereocenters. The van der Waals surface area contributed by atoms with E-state index in [1.54, 1.807) is 12.1 Å². The molecular formula is C14H14ClFN2S2. The van der Waals surface area contributed by atoms with Crippen LogP contribution in [0.25, 0.3) is 0 Å². The molecule has 1 aromatic heterocycles. The van der Waals surface area contributed by atoms with Crippen molar-refractivity contribution in [3.63, 3.8) is 0 Å². The summed E-state index contributed by atoms with van der Waals surface area (Å²) in [6, 6.07) is 8.55. The molecule has 0 aliphatic carbocycles. The summed E-state index contributed by atoms with van der Waals surface area (Å²) in [6.45, 7) is 1.20. The van der Waals surface area contributed by atoms with Crippen LogP contribution in [0.5, 0.6) is 0 Å². The molecule has 6 heteroatoms. The fraction of sp³-hybridized carbons (Fsp3) is 0.214. The highest BCUT2D eigenvalue weighted by Gasteiger charge is 2.09. The lowest BCUT2D eigenvalue weighted by molar-refractivity contribution is 0.316. The monoisotopic (exact) mass is 328 g/mol. The number of thiocarbonyl (C=S) groups is 1. The highest BCUT2D eigenvalue weighted by molar-refractivity contribution is 7.80. The Bertz CT molecular complexity index is 627. The van der Waals surface area contributed by atoms with E-state index in [1.165, 1.54) is 17.4 Å². The molecule has 0 aliphatic rings. The molecule has 0 saturated heterocycles. The molecule has 0 aliphatic heterocycles. The van der Waals surface area contributed by atoms with Crippen LogP contribution >= 0.6 is 35.2 Å². The highest BCUT2D eigenvalue weighted by atomic mass is 35.5. The predicted octanol–water partition coefficient (Wildman–Crippen LogP) is 3.81. The summed E-state index contributed by atoms with van der Waals surface area (Å²) in [5.74, 6) is -0.249. The molecule has 0 saturated carbocycles. The van der Waals surface area contributed by atoms with Gasteiger partial charge in [0.15, 0.2) is 0 Å². The molecule has 2 N–H and O–H groups in total. The third-order valence-electron chi connectivity index (χ3n) is 2.83. The largest absolute Gasteiger partial charge is 0.389 e. The average molecular weight is 329 g/mol. The molecule has 1 aromatic carbocycles. The van der Waals surface area contributed by atoms with Crippen molar-refractivity contribution in [1.82, 2.24) is 4.90 Å². The average Bonchev–Trinajstić information content (AvgIpc) is 2.77. The van der Waals surface area contributed by atoms with E-state index in [2.05, 4.69) is 0 Å². The predicted molar refractivity (Wildman–Crippen MR) is 86.8 cm³/mol. The van der Waals surface area contributed by atoms with Crippen molar-refractivity contribution >= 4 is 40.1 Å². The molecule has 2 nitrogen and oxygen atoms in total. The SMILES string of the molecule is CN(Cc1ccc(Cl)s1)Cc1cc(C(N)=S)ccc1F. The standard InChI is InChI=1S/C14H14ClFN2S2/c1-18(8-11-3-5-13(15)20-11)7-10-6-9(14(17)19)2-4-12(10)16/h2-6H,7-8H2,1H3,(H2,17,19). The van der Waals surface area contributed by atoms with E-state index in [0.29, 0.717) is 24.2 Å². The van der Waals surface area contributed by atoms with E-state index in [-0.39, 0.29) is 10.8 Å². The maximum Gasteiger partial charge on any atom is 0.127 e. The second-order valence-electron chi connectivity index (χ2n) is 4.55. The van der Waals surface area contributed by atoms with Crippen molar-refractivity contribution in [2.24, 2.45) is 5.73 Å². The van der Waals surface area contributed by atoms with Gasteiger partial charge >= 0.3 is 0 Å². The number of benzene rings is 1. The Kier molecular flexibility index (Phi) is 5.10. The molecule has 0 amide bonds. The minimum Gasteiger partial charge on any atom is -0.389 e. The third kappa shape index (κ3) is 3.99. The van der Waals surface area contributed by atoms with Gasteiger partial charge in [-0.05, 0) is 37.4 Å². The molecule has 0 spiro atoms. The number of hydrogen-bond donors (Lipinski definition) is 1. The smallest absolute Gasteiger partial charge is 0.127 e. The third-order valence-corrected chi connectivity index (χ3v) is 4.28. The summed E-state index contributed by atoms with van der Waals surface area (Å²) in [4.78, 5) is 3.44. The number of thiophene rings is 1. The summed E-state index contributed by atoms with van der Waals surface area (Å²) in [7, 11) is 1.93. The Morgan fingerprint density at radius 3 is 2.70 bits per heavy atom. The van der Waals surface area contributed by atoms with Crippen molar-refractivity contribution in [1.29, 1.82) is 0 Å². The summed E-state index contributed by atoms with van der Waals surface area (Å²) >= 11 is 12.3. The van der Waals surface area contributed by atoms with Gasteiger partial charge in [-0.2, -0.15) is 0 Å². The summed E-state index contributed by atoms with van der Waals surface area (Å²) in [5, 5.41) is 0. The minimum atomic E-state index is -0.249. The maximum atomic E-state index is 13.8. The van der Waals surface area contributed by atoms with Crippen LogP contribution in [0.3, 0.4) is 0 Å². The first-order valence-corrected chi connectivity index (χ1v) is 7.57. The lowest BCUT2D eigenvalue weighted by Gasteiger charge is -2.16. The molecule has 20 heavy (non-hydrogen) atoms. The van der Waals surface area contributed by atoms with Crippen LogP contribution in [0, 0.1) is 5.82 Å². The number of nitrogens with zero attached hydrogens (tertiary/aromatic N) is 1. The van der Waals surface area contributed by atoms with Gasteiger partial charge in [-0.1, -0.05) is 23.8 Å². The van der Waals surface area contributed by atoms with Crippen LogP contribution in [-0.2, 0) is 13.1 Å². The van der Waals surface area contributed by atoms with E-state index in [9.17, 15) is 4.39 Å². The first-order chi connectivity index (χ1) is 9.45. The number of hydrogen-bond acceptors (Lipinski definition) is 3. The van der Waals surface area contributed by atoms with Crippen molar-refractivity contribution in [3.8, 4) is 0 Å². The van der Waals surface area contributed by atoms with Gasteiger partial charge in [0.05, 0.1) is 4.34 Å². The van der Waals surface area contributed by atoms with Gasteiger partial charge in [0.25, 0.3) is 0 Å². The zero-order valence-corrected chi connectivity index (χ0v) is 13.3. The van der Waals surface area contributed by atoms with E-state index < -0.39 is 0 Å². The van der Waals surface area contributed by atoms with Gasteiger partial charge in [-0.25, -0.2) is 4.39 Å². The second-order valence-corrected chi connectivity index (χ2v) is 6.79. The molecule has 1 heterocycles. The number of rotatable bonds is 5. The summed E-state index contributed by atoms with van der Waals surface area (Å²) in [5.41, 5.74) is 6.84. The topological polar surface area (TPSA) is 29.3 Å². The fourth-order valence-corrected chi connectivity index (χ4v) is 3.19. The first kappa shape index (κ1) is 15.4. The fourth-order valence-electron chi connectivity index (χ4n) is 1.90. The van der Waals surface area contributed by atoms with Gasteiger partial charge < -0.3 is 5.73 Å². The van der Waals surface area contributed by atoms with E-state index in [1.807, 2.05) is 24.1 Å². The van der Waals surface area contributed by atoms with Gasteiger partial charge in [-0.3, -0.25) is 4.90 Å². The lowest BCUT2D eigenvalue weighted by atomic mass is 10.1. The van der Waals surface area contributed by atoms with E-state index in [4.69, 9.17) is 29.6 Å². The Balaban J connectivity index is 2.08. The van der Waals surface area contributed by atoms with Crippen LogP contribution in [-0.4, -0.2) is 16.9 Å². The van der Waals surface area contributed by atoms with Crippen LogP contribution in [0.15, 0.2) is 30.3 Å². The van der Waals surface area contributed by atoms with Crippen LogP contribution < -0.4 is 5.73 Å². The molecule has 0 bridgehead atoms. The van der Waals surface area contributed by atoms with Crippen LogP contribution in [0.1, 0.15) is 16.0 Å². The van der Waals surface area contributed by atoms with Crippen molar-refractivity contribution in [2.75, 3.05) is 7.05 Å². The molecule has 106 valence electrons. The zero-order chi connectivity index (χ0) is 14.7. The Hall–Kier alpha value is -1.01. The summed E-state index contributed by atoms with van der Waals surface area (Å²) in [6.07, 6.45) is 0. The molecule has 2 aromatic rings. The second kappa shape index (κ2) is 6.63. The van der Waals surface area contributed by atoms with Crippen molar-refractivity contribution in [2.45, 2.75) is 13.1 Å². The zero-order valence-electron chi connectivity index (χ0n) is 10.9. The quantitative estimate of drug-likeness (QED) is 0.846. The maximum absolute atomic E-state index is 13.8.